The van der Waals surface area contributed by atoms with Gasteiger partial charge >= 0.3 is 0 Å². The zero-order valence-electron chi connectivity index (χ0n) is 15.3. The molecule has 0 spiro atoms. The average Bonchev–Trinajstić information content (AvgIpc) is 2.55. The summed E-state index contributed by atoms with van der Waals surface area (Å²) in [6, 6.07) is 0.271. The Morgan fingerprint density at radius 3 is 2.29 bits per heavy atom. The van der Waals surface area contributed by atoms with Crippen molar-refractivity contribution < 1.29 is 13.2 Å². The lowest BCUT2D eigenvalue weighted by molar-refractivity contribution is -0.124. The second-order valence-electron chi connectivity index (χ2n) is 7.66. The van der Waals surface area contributed by atoms with Crippen molar-refractivity contribution in [1.82, 2.24) is 15.5 Å². The maximum Gasteiger partial charge on any atom is 0.241 e. The Kier molecular flexibility index (Phi) is 6.67. The van der Waals surface area contributed by atoms with E-state index < -0.39 is 14.6 Å². The highest BCUT2D eigenvalue weighted by atomic mass is 32.2. The Morgan fingerprint density at radius 2 is 1.79 bits per heavy atom. The lowest BCUT2D eigenvalue weighted by Crippen LogP contribution is -2.59. The van der Waals surface area contributed by atoms with Gasteiger partial charge in [0.25, 0.3) is 0 Å². The molecule has 1 atom stereocenters. The van der Waals surface area contributed by atoms with E-state index in [4.69, 9.17) is 0 Å². The summed E-state index contributed by atoms with van der Waals surface area (Å²) in [4.78, 5) is 15.0. The van der Waals surface area contributed by atoms with Crippen LogP contribution in [0.2, 0.25) is 0 Å². The second kappa shape index (κ2) is 8.15. The van der Waals surface area contributed by atoms with Crippen LogP contribution in [0.5, 0.6) is 0 Å². The average molecular weight is 360 g/mol. The predicted molar refractivity (Wildman–Crippen MR) is 96.7 cm³/mol. The molecule has 0 aromatic heterocycles. The van der Waals surface area contributed by atoms with E-state index in [9.17, 15) is 13.2 Å². The lowest BCUT2D eigenvalue weighted by Gasteiger charge is -2.37. The number of rotatable bonds is 6. The first-order chi connectivity index (χ1) is 11.3. The van der Waals surface area contributed by atoms with Crippen LogP contribution in [0, 0.1) is 5.92 Å². The number of carbonyl (C=O) groups excluding carboxylic acids is 1. The van der Waals surface area contributed by atoms with E-state index in [1.165, 1.54) is 38.4 Å². The first-order valence-corrected chi connectivity index (χ1v) is 11.0. The van der Waals surface area contributed by atoms with Gasteiger partial charge in [-0.05, 0) is 58.8 Å². The fraction of sp³-hybridized carbons (Fsp3) is 0.941. The molecule has 0 aromatic carbocycles. The highest BCUT2D eigenvalue weighted by Gasteiger charge is 2.48. The first kappa shape index (κ1) is 19.7. The van der Waals surface area contributed by atoms with Crippen LogP contribution in [0.25, 0.3) is 0 Å². The molecule has 0 bridgehead atoms. The van der Waals surface area contributed by atoms with E-state index in [1.54, 1.807) is 0 Å². The van der Waals surface area contributed by atoms with E-state index in [0.717, 1.165) is 0 Å². The highest BCUT2D eigenvalue weighted by Crippen LogP contribution is 2.30. The molecule has 1 unspecified atom stereocenters. The molecule has 0 aromatic rings. The van der Waals surface area contributed by atoms with Crippen molar-refractivity contribution in [2.75, 3.05) is 40.0 Å². The first-order valence-electron chi connectivity index (χ1n) is 9.13. The molecule has 2 rings (SSSR count). The Hall–Kier alpha value is -0.660. The van der Waals surface area contributed by atoms with Crippen LogP contribution >= 0.6 is 0 Å². The number of likely N-dealkylation sites (N-methyl/N-ethyl adjacent to an activating group) is 1. The maximum absolute atomic E-state index is 12.8. The lowest BCUT2D eigenvalue weighted by atomic mass is 9.83. The topological polar surface area (TPSA) is 78.5 Å². The zero-order valence-corrected chi connectivity index (χ0v) is 16.1. The molecule has 6 nitrogen and oxygen atoms in total. The minimum Gasteiger partial charge on any atom is -0.353 e. The molecule has 140 valence electrons. The van der Waals surface area contributed by atoms with Crippen molar-refractivity contribution in [3.8, 4) is 0 Å². The van der Waals surface area contributed by atoms with Crippen molar-refractivity contribution in [2.45, 2.75) is 55.7 Å². The van der Waals surface area contributed by atoms with Crippen LogP contribution in [-0.4, -0.2) is 70.0 Å². The Morgan fingerprint density at radius 1 is 1.21 bits per heavy atom. The van der Waals surface area contributed by atoms with E-state index in [2.05, 4.69) is 15.5 Å². The summed E-state index contributed by atoms with van der Waals surface area (Å²) >= 11 is 0. The number of nitrogens with zero attached hydrogens (tertiary/aromatic N) is 1. The fourth-order valence-electron chi connectivity index (χ4n) is 4.25. The van der Waals surface area contributed by atoms with E-state index in [-0.39, 0.29) is 11.9 Å². The van der Waals surface area contributed by atoms with Gasteiger partial charge in [-0.2, -0.15) is 0 Å². The molecular weight excluding hydrogens is 326 g/mol. The molecule has 1 aliphatic heterocycles. The third-order valence-corrected chi connectivity index (χ3v) is 7.88. The maximum atomic E-state index is 12.8. The van der Waals surface area contributed by atoms with Crippen LogP contribution in [0.3, 0.4) is 0 Å². The molecule has 1 saturated carbocycles. The summed E-state index contributed by atoms with van der Waals surface area (Å²) < 4.78 is 23.4. The van der Waals surface area contributed by atoms with Gasteiger partial charge in [0, 0.05) is 18.8 Å². The van der Waals surface area contributed by atoms with Crippen LogP contribution in [0.4, 0.5) is 0 Å². The summed E-state index contributed by atoms with van der Waals surface area (Å²) in [5.74, 6) is 0.269. The Bertz CT molecular complexity index is 521. The number of amides is 1. The summed E-state index contributed by atoms with van der Waals surface area (Å²) in [6.07, 6.45) is 8.10. The third kappa shape index (κ3) is 4.29. The number of hydrogen-bond donors (Lipinski definition) is 2. The SMILES string of the molecule is CN(C)C(CNC(=O)C1(S(C)(=O)=O)CCNCC1)C1CCCCC1. The van der Waals surface area contributed by atoms with Crippen molar-refractivity contribution >= 4 is 15.7 Å². The summed E-state index contributed by atoms with van der Waals surface area (Å²) in [5.41, 5.74) is 0. The molecule has 1 saturated heterocycles. The van der Waals surface area contributed by atoms with Crippen LogP contribution < -0.4 is 10.6 Å². The molecule has 2 N–H and O–H groups in total. The molecule has 7 heteroatoms. The van der Waals surface area contributed by atoms with Crippen molar-refractivity contribution in [3.05, 3.63) is 0 Å². The van der Waals surface area contributed by atoms with E-state index in [0.29, 0.717) is 38.4 Å². The van der Waals surface area contributed by atoms with Gasteiger partial charge in [0.1, 0.15) is 0 Å². The standard InChI is InChI=1S/C17H33N3O3S/c1-20(2)15(14-7-5-4-6-8-14)13-19-16(21)17(24(3,22)23)9-11-18-12-10-17/h14-15,18H,4-13H2,1-3H3,(H,19,21). The minimum absolute atomic E-state index is 0.271. The van der Waals surface area contributed by atoms with Gasteiger partial charge in [0.15, 0.2) is 14.6 Å². The van der Waals surface area contributed by atoms with Crippen LogP contribution in [-0.2, 0) is 14.6 Å². The smallest absolute Gasteiger partial charge is 0.241 e. The van der Waals surface area contributed by atoms with Gasteiger partial charge < -0.3 is 15.5 Å². The molecule has 2 fully saturated rings. The van der Waals surface area contributed by atoms with Gasteiger partial charge in [-0.3, -0.25) is 4.79 Å². The summed E-state index contributed by atoms with van der Waals surface area (Å²) in [7, 11) is 0.642. The van der Waals surface area contributed by atoms with Crippen molar-refractivity contribution in [3.63, 3.8) is 0 Å². The predicted octanol–water partition coefficient (Wildman–Crippen LogP) is 0.780. The minimum atomic E-state index is -3.45. The monoisotopic (exact) mass is 359 g/mol. The van der Waals surface area contributed by atoms with Crippen LogP contribution in [0.15, 0.2) is 0 Å². The van der Waals surface area contributed by atoms with Crippen molar-refractivity contribution in [2.24, 2.45) is 5.92 Å². The molecule has 24 heavy (non-hydrogen) atoms. The summed E-state index contributed by atoms with van der Waals surface area (Å²) in [6.45, 7) is 1.67. The van der Waals surface area contributed by atoms with Crippen LogP contribution in [0.1, 0.15) is 44.9 Å². The quantitative estimate of drug-likeness (QED) is 0.733. The van der Waals surface area contributed by atoms with Crippen molar-refractivity contribution in [1.29, 1.82) is 0 Å². The number of sulfone groups is 1. The molecule has 0 radical (unpaired) electrons. The van der Waals surface area contributed by atoms with E-state index in [1.807, 2.05) is 14.1 Å². The summed E-state index contributed by atoms with van der Waals surface area (Å²) in [5, 5.41) is 6.14. The molecule has 1 aliphatic carbocycles. The molecule has 1 heterocycles. The van der Waals surface area contributed by atoms with Gasteiger partial charge in [0.2, 0.25) is 5.91 Å². The molecular formula is C17H33N3O3S. The molecule has 2 aliphatic rings. The zero-order chi connectivity index (χ0) is 17.8. The fourth-order valence-corrected chi connectivity index (χ4v) is 5.60. The Labute approximate surface area is 146 Å². The normalized spacial score (nSPS) is 23.8. The Balaban J connectivity index is 2.05. The largest absolute Gasteiger partial charge is 0.353 e. The van der Waals surface area contributed by atoms with Gasteiger partial charge in [-0.15, -0.1) is 0 Å². The second-order valence-corrected chi connectivity index (χ2v) is 9.98. The number of piperidine rings is 1. The van der Waals surface area contributed by atoms with E-state index >= 15 is 0 Å². The van der Waals surface area contributed by atoms with Gasteiger partial charge in [-0.25, -0.2) is 8.42 Å². The number of carbonyl (C=O) groups is 1. The highest BCUT2D eigenvalue weighted by molar-refractivity contribution is 7.92. The van der Waals surface area contributed by atoms with Gasteiger partial charge in [-0.1, -0.05) is 19.3 Å². The number of hydrogen-bond acceptors (Lipinski definition) is 5. The third-order valence-electron chi connectivity index (χ3n) is 5.86. The van der Waals surface area contributed by atoms with Gasteiger partial charge in [0.05, 0.1) is 0 Å². The molecule has 1 amide bonds. The number of nitrogens with one attached hydrogen (secondary N) is 2.